The van der Waals surface area contributed by atoms with Gasteiger partial charge in [0.15, 0.2) is 0 Å². The highest BCUT2D eigenvalue weighted by atomic mass is 32.2. The second-order valence-electron chi connectivity index (χ2n) is 7.43. The van der Waals surface area contributed by atoms with Crippen molar-refractivity contribution in [1.82, 2.24) is 14.5 Å². The number of carbonyl (C=O) groups is 2. The van der Waals surface area contributed by atoms with E-state index in [1.165, 1.54) is 16.4 Å². The molecule has 9 heteroatoms. The molecule has 1 aliphatic rings. The maximum absolute atomic E-state index is 12.6. The number of likely N-dealkylation sites (N-methyl/N-ethyl adjacent to an activating group) is 1. The Kier molecular flexibility index (Phi) is 7.97. The summed E-state index contributed by atoms with van der Waals surface area (Å²) >= 11 is 0. The minimum atomic E-state index is -3.48. The van der Waals surface area contributed by atoms with E-state index in [2.05, 4.69) is 10.6 Å². The van der Waals surface area contributed by atoms with E-state index in [4.69, 9.17) is 0 Å². The zero-order valence-corrected chi connectivity index (χ0v) is 17.6. The largest absolute Gasteiger partial charge is 0.353 e. The van der Waals surface area contributed by atoms with Crippen LogP contribution in [0.1, 0.15) is 33.1 Å². The van der Waals surface area contributed by atoms with E-state index in [9.17, 15) is 18.0 Å². The molecule has 0 bridgehead atoms. The number of sulfonamides is 1. The molecule has 1 aromatic carbocycles. The number of rotatable bonds is 8. The fourth-order valence-corrected chi connectivity index (χ4v) is 4.60. The van der Waals surface area contributed by atoms with E-state index >= 15 is 0 Å². The lowest BCUT2D eigenvalue weighted by molar-refractivity contribution is -0.123. The maximum atomic E-state index is 12.6. The minimum Gasteiger partial charge on any atom is -0.353 e. The van der Waals surface area contributed by atoms with Crippen LogP contribution >= 0.6 is 0 Å². The van der Waals surface area contributed by atoms with E-state index < -0.39 is 10.0 Å². The fourth-order valence-electron chi connectivity index (χ4n) is 3.08. The van der Waals surface area contributed by atoms with Crippen molar-refractivity contribution in [3.63, 3.8) is 0 Å². The molecule has 156 valence electrons. The van der Waals surface area contributed by atoms with Gasteiger partial charge in [0.25, 0.3) is 0 Å². The number of nitrogens with zero attached hydrogens (tertiary/aromatic N) is 2. The van der Waals surface area contributed by atoms with Gasteiger partial charge < -0.3 is 10.6 Å². The Morgan fingerprint density at radius 3 is 2.18 bits per heavy atom. The Morgan fingerprint density at radius 2 is 1.61 bits per heavy atom. The first-order valence-corrected chi connectivity index (χ1v) is 11.0. The number of amides is 2. The van der Waals surface area contributed by atoms with E-state index in [0.29, 0.717) is 18.8 Å². The van der Waals surface area contributed by atoms with Gasteiger partial charge in [-0.3, -0.25) is 14.5 Å². The van der Waals surface area contributed by atoms with Crippen LogP contribution in [0.2, 0.25) is 0 Å². The minimum absolute atomic E-state index is 0.0504. The highest BCUT2D eigenvalue weighted by Crippen LogP contribution is 2.21. The van der Waals surface area contributed by atoms with Crippen LogP contribution in [-0.4, -0.2) is 68.7 Å². The van der Waals surface area contributed by atoms with Gasteiger partial charge in [-0.1, -0.05) is 6.42 Å². The van der Waals surface area contributed by atoms with Crippen molar-refractivity contribution < 1.29 is 18.0 Å². The SMILES string of the molecule is CC(C)NC(=O)CN(C)CC(=O)Nc1ccc(S(=O)(=O)N2CCCCC2)cc1. The molecule has 2 rings (SSSR count). The zero-order chi connectivity index (χ0) is 20.7. The quantitative estimate of drug-likeness (QED) is 0.672. The Bertz CT molecular complexity index is 772. The van der Waals surface area contributed by atoms with E-state index in [1.807, 2.05) is 13.8 Å². The third-order valence-electron chi connectivity index (χ3n) is 4.37. The molecule has 0 radical (unpaired) electrons. The highest BCUT2D eigenvalue weighted by molar-refractivity contribution is 7.89. The van der Waals surface area contributed by atoms with Gasteiger partial charge in [0.1, 0.15) is 0 Å². The molecule has 1 saturated heterocycles. The monoisotopic (exact) mass is 410 g/mol. The van der Waals surface area contributed by atoms with Crippen molar-refractivity contribution >= 4 is 27.5 Å². The number of nitrogens with one attached hydrogen (secondary N) is 2. The highest BCUT2D eigenvalue weighted by Gasteiger charge is 2.25. The predicted octanol–water partition coefficient (Wildman–Crippen LogP) is 1.26. The summed E-state index contributed by atoms with van der Waals surface area (Å²) in [5.41, 5.74) is 0.516. The maximum Gasteiger partial charge on any atom is 0.243 e. The molecule has 1 aromatic rings. The molecule has 1 heterocycles. The summed E-state index contributed by atoms with van der Waals surface area (Å²) in [4.78, 5) is 25.7. The normalized spacial score (nSPS) is 15.6. The van der Waals surface area contributed by atoms with Crippen molar-refractivity contribution in [3.8, 4) is 0 Å². The Balaban J connectivity index is 1.89. The van der Waals surface area contributed by atoms with Crippen LogP contribution in [0.3, 0.4) is 0 Å². The molecule has 2 N–H and O–H groups in total. The van der Waals surface area contributed by atoms with Crippen molar-refractivity contribution in [2.24, 2.45) is 0 Å². The van der Waals surface area contributed by atoms with Crippen LogP contribution in [-0.2, 0) is 19.6 Å². The molecule has 0 aromatic heterocycles. The Morgan fingerprint density at radius 1 is 1.04 bits per heavy atom. The zero-order valence-electron chi connectivity index (χ0n) is 16.8. The number of anilines is 1. The standard InChI is InChI=1S/C19H30N4O4S/c1-15(2)20-18(24)13-22(3)14-19(25)21-16-7-9-17(10-8-16)28(26,27)23-11-5-4-6-12-23/h7-10,15H,4-6,11-14H2,1-3H3,(H,20,24)(H,21,25). The predicted molar refractivity (Wildman–Crippen MR) is 108 cm³/mol. The molecule has 2 amide bonds. The summed E-state index contributed by atoms with van der Waals surface area (Å²) in [6.07, 6.45) is 2.83. The summed E-state index contributed by atoms with van der Waals surface area (Å²) in [5.74, 6) is -0.413. The smallest absolute Gasteiger partial charge is 0.243 e. The number of hydrogen-bond donors (Lipinski definition) is 2. The van der Waals surface area contributed by atoms with Crippen LogP contribution < -0.4 is 10.6 Å². The van der Waals surface area contributed by atoms with Crippen molar-refractivity contribution in [2.75, 3.05) is 38.5 Å². The average Bonchev–Trinajstić information content (AvgIpc) is 2.61. The van der Waals surface area contributed by atoms with E-state index in [-0.39, 0.29) is 35.8 Å². The number of benzene rings is 1. The van der Waals surface area contributed by atoms with Gasteiger partial charge in [-0.05, 0) is 58.0 Å². The fraction of sp³-hybridized carbons (Fsp3) is 0.579. The van der Waals surface area contributed by atoms with Gasteiger partial charge in [0, 0.05) is 24.8 Å². The molecule has 0 aliphatic carbocycles. The van der Waals surface area contributed by atoms with Gasteiger partial charge >= 0.3 is 0 Å². The van der Waals surface area contributed by atoms with Crippen LogP contribution in [0.15, 0.2) is 29.2 Å². The first-order chi connectivity index (χ1) is 13.2. The average molecular weight is 411 g/mol. The molecule has 0 saturated carbocycles. The Labute approximate surface area is 167 Å². The first kappa shape index (κ1) is 22.3. The third-order valence-corrected chi connectivity index (χ3v) is 6.28. The van der Waals surface area contributed by atoms with Gasteiger partial charge in [0.05, 0.1) is 18.0 Å². The van der Waals surface area contributed by atoms with E-state index in [1.54, 1.807) is 24.1 Å². The lowest BCUT2D eigenvalue weighted by Crippen LogP contribution is -2.41. The number of piperidine rings is 1. The van der Waals surface area contributed by atoms with Gasteiger partial charge in [-0.15, -0.1) is 0 Å². The molecule has 0 unspecified atom stereocenters. The molecule has 1 aliphatic heterocycles. The summed E-state index contributed by atoms with van der Waals surface area (Å²) in [6, 6.07) is 6.24. The molecular formula is C19H30N4O4S. The van der Waals surface area contributed by atoms with Crippen molar-refractivity contribution in [3.05, 3.63) is 24.3 Å². The topological polar surface area (TPSA) is 98.8 Å². The van der Waals surface area contributed by atoms with Crippen LogP contribution in [0, 0.1) is 0 Å². The lowest BCUT2D eigenvalue weighted by atomic mass is 10.2. The van der Waals surface area contributed by atoms with Crippen LogP contribution in [0.5, 0.6) is 0 Å². The lowest BCUT2D eigenvalue weighted by Gasteiger charge is -2.25. The van der Waals surface area contributed by atoms with E-state index in [0.717, 1.165) is 19.3 Å². The summed E-state index contributed by atoms with van der Waals surface area (Å²) in [7, 11) is -1.79. The summed E-state index contributed by atoms with van der Waals surface area (Å²) in [6.45, 7) is 5.03. The van der Waals surface area contributed by atoms with Crippen LogP contribution in [0.4, 0.5) is 5.69 Å². The number of hydrogen-bond acceptors (Lipinski definition) is 5. The third kappa shape index (κ3) is 6.57. The molecule has 1 fully saturated rings. The molecular weight excluding hydrogens is 380 g/mol. The summed E-state index contributed by atoms with van der Waals surface area (Å²) in [5, 5.41) is 5.50. The number of carbonyl (C=O) groups excluding carboxylic acids is 2. The van der Waals surface area contributed by atoms with Gasteiger partial charge in [-0.25, -0.2) is 8.42 Å². The first-order valence-electron chi connectivity index (χ1n) is 9.56. The second kappa shape index (κ2) is 9.99. The molecule has 28 heavy (non-hydrogen) atoms. The summed E-state index contributed by atoms with van der Waals surface area (Å²) < 4.78 is 26.8. The van der Waals surface area contributed by atoms with Gasteiger partial charge in [0.2, 0.25) is 21.8 Å². The van der Waals surface area contributed by atoms with Crippen molar-refractivity contribution in [1.29, 1.82) is 0 Å². The van der Waals surface area contributed by atoms with Gasteiger partial charge in [-0.2, -0.15) is 4.31 Å². The van der Waals surface area contributed by atoms with Crippen molar-refractivity contribution in [2.45, 2.75) is 44.0 Å². The Hall–Kier alpha value is -1.97. The molecule has 8 nitrogen and oxygen atoms in total. The molecule has 0 spiro atoms. The molecule has 0 atom stereocenters. The van der Waals surface area contributed by atoms with Crippen LogP contribution in [0.25, 0.3) is 0 Å². The second-order valence-corrected chi connectivity index (χ2v) is 9.37.